The van der Waals surface area contributed by atoms with Gasteiger partial charge in [0, 0.05) is 0 Å². The van der Waals surface area contributed by atoms with Crippen LogP contribution in [0.2, 0.25) is 0 Å². The topological polar surface area (TPSA) is 117 Å². The quantitative estimate of drug-likeness (QED) is 0.515. The molecular weight excluding hydrogens is 394 g/mol. The number of hydrogen-bond donors (Lipinski definition) is 1. The molecule has 2 aromatic carbocycles. The molecule has 30 heavy (non-hydrogen) atoms. The summed E-state index contributed by atoms with van der Waals surface area (Å²) >= 11 is 0. The average molecular weight is 415 g/mol. The number of carbonyl (C=O) groups excluding carboxylic acids is 4. The molecule has 0 spiro atoms. The second-order valence-corrected chi connectivity index (χ2v) is 6.01. The van der Waals surface area contributed by atoms with E-state index in [1.165, 1.54) is 32.4 Å². The number of benzene rings is 2. The first-order valence-electron chi connectivity index (χ1n) is 8.80. The molecule has 0 bridgehead atoms. The monoisotopic (exact) mass is 415 g/mol. The number of amides is 1. The van der Waals surface area contributed by atoms with Crippen molar-refractivity contribution in [3.05, 3.63) is 59.2 Å². The van der Waals surface area contributed by atoms with Gasteiger partial charge < -0.3 is 24.3 Å². The molecule has 0 aliphatic rings. The number of methoxy groups -OCH3 is 2. The molecule has 0 atom stereocenters. The average Bonchev–Trinajstić information content (AvgIpc) is 2.76. The van der Waals surface area contributed by atoms with Crippen LogP contribution in [0.25, 0.3) is 0 Å². The minimum absolute atomic E-state index is 0.0157. The summed E-state index contributed by atoms with van der Waals surface area (Å²) in [7, 11) is 2.38. The summed E-state index contributed by atoms with van der Waals surface area (Å²) < 4.78 is 19.5. The van der Waals surface area contributed by atoms with Gasteiger partial charge in [-0.05, 0) is 36.8 Å². The highest BCUT2D eigenvalue weighted by atomic mass is 16.6. The van der Waals surface area contributed by atoms with Gasteiger partial charge in [-0.3, -0.25) is 4.79 Å². The Bertz CT molecular complexity index is 954. The summed E-state index contributed by atoms with van der Waals surface area (Å²) in [6, 6.07) is 11.1. The number of rotatable bonds is 8. The number of carbonyl (C=O) groups is 4. The van der Waals surface area contributed by atoms with Gasteiger partial charge in [-0.2, -0.15) is 0 Å². The Morgan fingerprint density at radius 1 is 0.900 bits per heavy atom. The van der Waals surface area contributed by atoms with Crippen LogP contribution in [0.4, 0.5) is 5.69 Å². The van der Waals surface area contributed by atoms with Gasteiger partial charge >= 0.3 is 17.9 Å². The molecule has 0 heterocycles. The first-order valence-corrected chi connectivity index (χ1v) is 8.80. The van der Waals surface area contributed by atoms with Crippen molar-refractivity contribution in [1.82, 2.24) is 0 Å². The Labute approximate surface area is 172 Å². The maximum absolute atomic E-state index is 12.2. The molecule has 0 aliphatic heterocycles. The van der Waals surface area contributed by atoms with Gasteiger partial charge in [-0.25, -0.2) is 14.4 Å². The van der Waals surface area contributed by atoms with Gasteiger partial charge in [0.2, 0.25) is 0 Å². The third kappa shape index (κ3) is 6.06. The minimum atomic E-state index is -0.745. The second kappa shape index (κ2) is 10.6. The number of esters is 3. The van der Waals surface area contributed by atoms with E-state index in [0.29, 0.717) is 5.75 Å². The van der Waals surface area contributed by atoms with E-state index in [1.54, 1.807) is 12.1 Å². The first kappa shape index (κ1) is 22.4. The summed E-state index contributed by atoms with van der Waals surface area (Å²) in [6.07, 6.45) is 0. The Morgan fingerprint density at radius 3 is 2.27 bits per heavy atom. The summed E-state index contributed by atoms with van der Waals surface area (Å²) in [5, 5.41) is 2.42. The van der Waals surface area contributed by atoms with E-state index in [1.807, 2.05) is 19.1 Å². The lowest BCUT2D eigenvalue weighted by molar-refractivity contribution is -0.149. The van der Waals surface area contributed by atoms with E-state index in [2.05, 4.69) is 14.8 Å². The lowest BCUT2D eigenvalue weighted by Gasteiger charge is -2.12. The molecule has 0 fully saturated rings. The number of ether oxygens (including phenoxy) is 4. The molecule has 0 unspecified atom stereocenters. The highest BCUT2D eigenvalue weighted by Gasteiger charge is 2.18. The van der Waals surface area contributed by atoms with Gasteiger partial charge in [0.05, 0.1) is 31.0 Å². The fourth-order valence-electron chi connectivity index (χ4n) is 2.41. The standard InChI is InChI=1S/C21H21NO8/c1-13-6-4-5-7-17(13)29-12-19(24)30-11-18(23)22-16-10-14(20(25)27-2)8-9-15(16)21(26)28-3/h4-10H,11-12H2,1-3H3,(H,22,23). The van der Waals surface area contributed by atoms with Gasteiger partial charge in [0.15, 0.2) is 13.2 Å². The Morgan fingerprint density at radius 2 is 1.60 bits per heavy atom. The number of hydrogen-bond acceptors (Lipinski definition) is 8. The number of aryl methyl sites for hydroxylation is 1. The van der Waals surface area contributed by atoms with Crippen molar-refractivity contribution in [1.29, 1.82) is 0 Å². The largest absolute Gasteiger partial charge is 0.482 e. The van der Waals surface area contributed by atoms with E-state index >= 15 is 0 Å². The molecule has 0 saturated heterocycles. The highest BCUT2D eigenvalue weighted by Crippen LogP contribution is 2.20. The fraction of sp³-hybridized carbons (Fsp3) is 0.238. The van der Waals surface area contributed by atoms with Crippen LogP contribution in [0, 0.1) is 6.92 Å². The van der Waals surface area contributed by atoms with Gasteiger partial charge in [-0.15, -0.1) is 0 Å². The van der Waals surface area contributed by atoms with Crippen LogP contribution in [-0.4, -0.2) is 51.2 Å². The highest BCUT2D eigenvalue weighted by molar-refractivity contribution is 6.04. The second-order valence-electron chi connectivity index (χ2n) is 6.01. The van der Waals surface area contributed by atoms with Crippen molar-refractivity contribution in [3.8, 4) is 5.75 Å². The zero-order valence-electron chi connectivity index (χ0n) is 16.7. The summed E-state index contributed by atoms with van der Waals surface area (Å²) in [4.78, 5) is 47.6. The molecule has 9 nitrogen and oxygen atoms in total. The van der Waals surface area contributed by atoms with E-state index in [-0.39, 0.29) is 23.4 Å². The maximum atomic E-state index is 12.2. The molecule has 2 aromatic rings. The molecular formula is C21H21NO8. The van der Waals surface area contributed by atoms with Crippen molar-refractivity contribution < 1.29 is 38.1 Å². The first-order chi connectivity index (χ1) is 14.3. The van der Waals surface area contributed by atoms with Crippen LogP contribution in [0.3, 0.4) is 0 Å². The van der Waals surface area contributed by atoms with Crippen molar-refractivity contribution in [2.24, 2.45) is 0 Å². The van der Waals surface area contributed by atoms with Gasteiger partial charge in [0.25, 0.3) is 5.91 Å². The lowest BCUT2D eigenvalue weighted by atomic mass is 10.1. The molecule has 1 N–H and O–H groups in total. The number of nitrogens with one attached hydrogen (secondary N) is 1. The maximum Gasteiger partial charge on any atom is 0.344 e. The number of para-hydroxylation sites is 1. The third-order valence-electron chi connectivity index (χ3n) is 3.92. The van der Waals surface area contributed by atoms with E-state index < -0.39 is 30.4 Å². The third-order valence-corrected chi connectivity index (χ3v) is 3.92. The Kier molecular flexibility index (Phi) is 7.92. The minimum Gasteiger partial charge on any atom is -0.482 e. The van der Waals surface area contributed by atoms with Crippen LogP contribution < -0.4 is 10.1 Å². The zero-order valence-corrected chi connectivity index (χ0v) is 16.7. The van der Waals surface area contributed by atoms with Crippen molar-refractivity contribution in [2.45, 2.75) is 6.92 Å². The summed E-state index contributed by atoms with van der Waals surface area (Å²) in [5.74, 6) is -2.30. The smallest absolute Gasteiger partial charge is 0.344 e. The predicted molar refractivity (Wildman–Crippen MR) is 105 cm³/mol. The summed E-state index contributed by atoms with van der Waals surface area (Å²) in [5.41, 5.74) is 1.00. The SMILES string of the molecule is COC(=O)c1ccc(C(=O)OC)c(NC(=O)COC(=O)COc2ccccc2C)c1. The van der Waals surface area contributed by atoms with E-state index in [4.69, 9.17) is 9.47 Å². The van der Waals surface area contributed by atoms with Crippen LogP contribution in [-0.2, 0) is 23.8 Å². The van der Waals surface area contributed by atoms with Crippen molar-refractivity contribution >= 4 is 29.5 Å². The fourth-order valence-corrected chi connectivity index (χ4v) is 2.41. The summed E-state index contributed by atoms with van der Waals surface area (Å²) in [6.45, 7) is 0.845. The van der Waals surface area contributed by atoms with Crippen LogP contribution in [0.15, 0.2) is 42.5 Å². The van der Waals surface area contributed by atoms with E-state index in [0.717, 1.165) is 5.56 Å². The normalized spacial score (nSPS) is 9.97. The zero-order chi connectivity index (χ0) is 22.1. The van der Waals surface area contributed by atoms with Crippen LogP contribution in [0.1, 0.15) is 26.3 Å². The molecule has 0 aromatic heterocycles. The predicted octanol–water partition coefficient (Wildman–Crippen LogP) is 2.13. The molecule has 0 saturated carbocycles. The number of anilines is 1. The molecule has 0 radical (unpaired) electrons. The van der Waals surface area contributed by atoms with Gasteiger partial charge in [-0.1, -0.05) is 18.2 Å². The van der Waals surface area contributed by atoms with E-state index in [9.17, 15) is 19.2 Å². The van der Waals surface area contributed by atoms with Gasteiger partial charge in [0.1, 0.15) is 5.75 Å². The van der Waals surface area contributed by atoms with Crippen molar-refractivity contribution in [3.63, 3.8) is 0 Å². The van der Waals surface area contributed by atoms with Crippen molar-refractivity contribution in [2.75, 3.05) is 32.8 Å². The molecule has 2 rings (SSSR count). The van der Waals surface area contributed by atoms with Crippen LogP contribution in [0.5, 0.6) is 5.75 Å². The molecule has 0 aliphatic carbocycles. The molecule has 1 amide bonds. The molecule has 158 valence electrons. The Balaban J connectivity index is 1.97. The lowest BCUT2D eigenvalue weighted by Crippen LogP contribution is -2.24. The Hall–Kier alpha value is -3.88. The van der Waals surface area contributed by atoms with Crippen LogP contribution >= 0.6 is 0 Å². The molecule has 9 heteroatoms.